The lowest BCUT2D eigenvalue weighted by molar-refractivity contribution is -0.133. The summed E-state index contributed by atoms with van der Waals surface area (Å²) in [6, 6.07) is 0.352. The van der Waals surface area contributed by atoms with Gasteiger partial charge in [0.1, 0.15) is 0 Å². The maximum absolute atomic E-state index is 12.7. The third-order valence-corrected chi connectivity index (χ3v) is 5.15. The van der Waals surface area contributed by atoms with Gasteiger partial charge in [-0.15, -0.1) is 0 Å². The van der Waals surface area contributed by atoms with Gasteiger partial charge in [-0.3, -0.25) is 4.79 Å². The van der Waals surface area contributed by atoms with E-state index in [0.29, 0.717) is 17.9 Å². The molecule has 0 aromatic carbocycles. The number of hydrogen-bond acceptors (Lipinski definition) is 2. The van der Waals surface area contributed by atoms with E-state index < -0.39 is 0 Å². The van der Waals surface area contributed by atoms with E-state index in [2.05, 4.69) is 24.5 Å². The predicted molar refractivity (Wildman–Crippen MR) is 79.0 cm³/mol. The third kappa shape index (κ3) is 3.50. The normalized spacial score (nSPS) is 30.2. The zero-order valence-electron chi connectivity index (χ0n) is 12.6. The second-order valence-electron chi connectivity index (χ2n) is 6.62. The van der Waals surface area contributed by atoms with Crippen molar-refractivity contribution in [3.63, 3.8) is 0 Å². The largest absolute Gasteiger partial charge is 0.353 e. The Balaban J connectivity index is 1.94. The van der Waals surface area contributed by atoms with Gasteiger partial charge < -0.3 is 10.6 Å². The summed E-state index contributed by atoms with van der Waals surface area (Å²) in [5, 5.41) is 6.76. The zero-order chi connectivity index (χ0) is 13.7. The number of amides is 1. The first-order chi connectivity index (χ1) is 9.18. The summed E-state index contributed by atoms with van der Waals surface area (Å²) in [6.45, 7) is 6.31. The quantitative estimate of drug-likeness (QED) is 0.803. The minimum atomic E-state index is -0.139. The SMILES string of the molecule is CCCC1(C(=O)N[C@H](C)C2CCCC2)CCCNC1. The molecule has 1 aliphatic carbocycles. The highest BCUT2D eigenvalue weighted by molar-refractivity contribution is 5.83. The van der Waals surface area contributed by atoms with E-state index in [9.17, 15) is 4.79 Å². The van der Waals surface area contributed by atoms with Crippen molar-refractivity contribution >= 4 is 5.91 Å². The van der Waals surface area contributed by atoms with Gasteiger partial charge >= 0.3 is 0 Å². The van der Waals surface area contributed by atoms with Crippen molar-refractivity contribution < 1.29 is 4.79 Å². The van der Waals surface area contributed by atoms with Crippen LogP contribution < -0.4 is 10.6 Å². The third-order valence-electron chi connectivity index (χ3n) is 5.15. The molecule has 0 spiro atoms. The molecule has 0 radical (unpaired) electrons. The molecule has 1 heterocycles. The fraction of sp³-hybridized carbons (Fsp3) is 0.938. The molecule has 2 atom stereocenters. The molecule has 1 saturated carbocycles. The average molecular weight is 266 g/mol. The van der Waals surface area contributed by atoms with Crippen molar-refractivity contribution in [1.29, 1.82) is 0 Å². The maximum Gasteiger partial charge on any atom is 0.227 e. The van der Waals surface area contributed by atoms with Gasteiger partial charge in [0.2, 0.25) is 5.91 Å². The van der Waals surface area contributed by atoms with Crippen LogP contribution in [0.1, 0.15) is 65.2 Å². The van der Waals surface area contributed by atoms with Gasteiger partial charge in [0.05, 0.1) is 5.41 Å². The van der Waals surface area contributed by atoms with E-state index in [-0.39, 0.29) is 5.41 Å². The molecule has 0 aromatic heterocycles. The highest BCUT2D eigenvalue weighted by Crippen LogP contribution is 2.33. The molecule has 110 valence electrons. The van der Waals surface area contributed by atoms with E-state index in [1.807, 2.05) is 0 Å². The second-order valence-corrected chi connectivity index (χ2v) is 6.62. The number of rotatable bonds is 5. The smallest absolute Gasteiger partial charge is 0.227 e. The van der Waals surface area contributed by atoms with Crippen LogP contribution in [0.5, 0.6) is 0 Å². The molecule has 1 amide bonds. The maximum atomic E-state index is 12.7. The summed E-state index contributed by atoms with van der Waals surface area (Å²) in [4.78, 5) is 12.7. The molecule has 1 saturated heterocycles. The first-order valence-corrected chi connectivity index (χ1v) is 8.19. The molecule has 3 heteroatoms. The van der Waals surface area contributed by atoms with Crippen LogP contribution in [0, 0.1) is 11.3 Å². The predicted octanol–water partition coefficient (Wildman–Crippen LogP) is 2.85. The van der Waals surface area contributed by atoms with Gasteiger partial charge in [-0.2, -0.15) is 0 Å². The lowest BCUT2D eigenvalue weighted by Gasteiger charge is -2.37. The van der Waals surface area contributed by atoms with Crippen LogP contribution in [0.15, 0.2) is 0 Å². The minimum absolute atomic E-state index is 0.139. The minimum Gasteiger partial charge on any atom is -0.353 e. The average Bonchev–Trinajstić information content (AvgIpc) is 2.94. The summed E-state index contributed by atoms with van der Waals surface area (Å²) in [7, 11) is 0. The fourth-order valence-corrected chi connectivity index (χ4v) is 3.90. The molecule has 2 rings (SSSR count). The first-order valence-electron chi connectivity index (χ1n) is 8.19. The standard InChI is InChI=1S/C16H30N2O/c1-3-9-16(10-6-11-17-12-16)15(19)18-13(2)14-7-4-5-8-14/h13-14,17H,3-12H2,1-2H3,(H,18,19)/t13-,16?/m1/s1. The number of nitrogens with one attached hydrogen (secondary N) is 2. The van der Waals surface area contributed by atoms with E-state index in [4.69, 9.17) is 0 Å². The topological polar surface area (TPSA) is 41.1 Å². The van der Waals surface area contributed by atoms with Gasteiger partial charge in [0, 0.05) is 12.6 Å². The molecule has 2 fully saturated rings. The highest BCUT2D eigenvalue weighted by atomic mass is 16.2. The van der Waals surface area contributed by atoms with E-state index in [1.165, 1.54) is 25.7 Å². The molecule has 3 nitrogen and oxygen atoms in total. The van der Waals surface area contributed by atoms with Crippen LogP contribution >= 0.6 is 0 Å². The van der Waals surface area contributed by atoms with Gasteiger partial charge in [0.25, 0.3) is 0 Å². The molecular weight excluding hydrogens is 236 g/mol. The highest BCUT2D eigenvalue weighted by Gasteiger charge is 2.39. The van der Waals surface area contributed by atoms with Gasteiger partial charge in [-0.25, -0.2) is 0 Å². The molecule has 1 aliphatic heterocycles. The van der Waals surface area contributed by atoms with Crippen molar-refractivity contribution in [1.82, 2.24) is 10.6 Å². The van der Waals surface area contributed by atoms with E-state index in [0.717, 1.165) is 38.8 Å². The molecule has 2 aliphatic rings. The first kappa shape index (κ1) is 14.8. The fourth-order valence-electron chi connectivity index (χ4n) is 3.90. The Hall–Kier alpha value is -0.570. The van der Waals surface area contributed by atoms with Crippen molar-refractivity contribution in [2.24, 2.45) is 11.3 Å². The van der Waals surface area contributed by atoms with Gasteiger partial charge in [0.15, 0.2) is 0 Å². The Morgan fingerprint density at radius 2 is 2.11 bits per heavy atom. The Kier molecular flexibility index (Phi) is 5.26. The van der Waals surface area contributed by atoms with Crippen LogP contribution in [0.25, 0.3) is 0 Å². The molecule has 2 N–H and O–H groups in total. The lowest BCUT2D eigenvalue weighted by atomic mass is 9.76. The molecular formula is C16H30N2O. The lowest BCUT2D eigenvalue weighted by Crippen LogP contribution is -2.53. The van der Waals surface area contributed by atoms with Crippen LogP contribution in [0.3, 0.4) is 0 Å². The Morgan fingerprint density at radius 1 is 1.37 bits per heavy atom. The Morgan fingerprint density at radius 3 is 2.68 bits per heavy atom. The number of carbonyl (C=O) groups is 1. The van der Waals surface area contributed by atoms with Crippen molar-refractivity contribution in [2.75, 3.05) is 13.1 Å². The summed E-state index contributed by atoms with van der Waals surface area (Å²) < 4.78 is 0. The van der Waals surface area contributed by atoms with Crippen molar-refractivity contribution in [3.8, 4) is 0 Å². The molecule has 1 unspecified atom stereocenters. The van der Waals surface area contributed by atoms with Crippen molar-refractivity contribution in [2.45, 2.75) is 71.3 Å². The summed E-state index contributed by atoms with van der Waals surface area (Å²) >= 11 is 0. The van der Waals surface area contributed by atoms with Gasteiger partial charge in [-0.05, 0) is 51.5 Å². The van der Waals surface area contributed by atoms with Crippen LogP contribution in [0.4, 0.5) is 0 Å². The molecule has 19 heavy (non-hydrogen) atoms. The van der Waals surface area contributed by atoms with Crippen LogP contribution in [0.2, 0.25) is 0 Å². The van der Waals surface area contributed by atoms with E-state index >= 15 is 0 Å². The Labute approximate surface area is 117 Å². The molecule has 0 aromatic rings. The monoisotopic (exact) mass is 266 g/mol. The summed E-state index contributed by atoms with van der Waals surface area (Å²) in [6.07, 6.45) is 9.55. The Bertz CT molecular complexity index is 286. The second kappa shape index (κ2) is 6.74. The van der Waals surface area contributed by atoms with Crippen LogP contribution in [-0.4, -0.2) is 25.0 Å². The number of piperidine rings is 1. The summed E-state index contributed by atoms with van der Waals surface area (Å²) in [5.41, 5.74) is -0.139. The number of hydrogen-bond donors (Lipinski definition) is 2. The van der Waals surface area contributed by atoms with E-state index in [1.54, 1.807) is 0 Å². The molecule has 0 bridgehead atoms. The summed E-state index contributed by atoms with van der Waals surface area (Å²) in [5.74, 6) is 1.01. The van der Waals surface area contributed by atoms with Crippen molar-refractivity contribution in [3.05, 3.63) is 0 Å². The number of carbonyl (C=O) groups excluding carboxylic acids is 1. The van der Waals surface area contributed by atoms with Gasteiger partial charge in [-0.1, -0.05) is 26.2 Å². The zero-order valence-corrected chi connectivity index (χ0v) is 12.6. The van der Waals surface area contributed by atoms with Crippen LogP contribution in [-0.2, 0) is 4.79 Å².